The highest BCUT2D eigenvalue weighted by atomic mass is 16.5. The maximum atomic E-state index is 11.7. The van der Waals surface area contributed by atoms with Crippen molar-refractivity contribution in [1.82, 2.24) is 4.57 Å². The molecule has 130 valence electrons. The average molecular weight is 337 g/mol. The molecule has 0 atom stereocenters. The molecule has 0 radical (unpaired) electrons. The summed E-state index contributed by atoms with van der Waals surface area (Å²) in [5, 5.41) is 1.12. The molecule has 0 amide bonds. The quantitative estimate of drug-likeness (QED) is 0.607. The van der Waals surface area contributed by atoms with Crippen LogP contribution in [0.15, 0.2) is 54.7 Å². The first-order valence-corrected chi connectivity index (χ1v) is 8.56. The zero-order valence-corrected chi connectivity index (χ0v) is 14.7. The second-order valence-corrected chi connectivity index (χ2v) is 5.96. The molecular formula is C21H23NO3. The van der Waals surface area contributed by atoms with Crippen LogP contribution < -0.4 is 4.74 Å². The van der Waals surface area contributed by atoms with Crippen LogP contribution in [0, 0.1) is 0 Å². The van der Waals surface area contributed by atoms with Crippen LogP contribution >= 0.6 is 0 Å². The summed E-state index contributed by atoms with van der Waals surface area (Å²) in [5.74, 6) is 0.664. The summed E-state index contributed by atoms with van der Waals surface area (Å²) < 4.78 is 12.6. The van der Waals surface area contributed by atoms with Gasteiger partial charge in [-0.05, 0) is 42.7 Å². The van der Waals surface area contributed by atoms with Gasteiger partial charge in [0.15, 0.2) is 0 Å². The number of rotatable bonds is 7. The molecule has 1 heterocycles. The van der Waals surface area contributed by atoms with Gasteiger partial charge in [0, 0.05) is 30.1 Å². The van der Waals surface area contributed by atoms with Crippen molar-refractivity contribution in [2.75, 3.05) is 13.7 Å². The average Bonchev–Trinajstić information content (AvgIpc) is 2.98. The van der Waals surface area contributed by atoms with Gasteiger partial charge in [-0.1, -0.05) is 30.3 Å². The predicted molar refractivity (Wildman–Crippen MR) is 99.0 cm³/mol. The Labute approximate surface area is 148 Å². The molecule has 0 aliphatic rings. The van der Waals surface area contributed by atoms with Gasteiger partial charge in [-0.25, -0.2) is 0 Å². The maximum Gasteiger partial charge on any atom is 0.306 e. The van der Waals surface area contributed by atoms with Crippen molar-refractivity contribution < 1.29 is 14.3 Å². The van der Waals surface area contributed by atoms with E-state index in [0.29, 0.717) is 19.4 Å². The molecular weight excluding hydrogens is 314 g/mol. The maximum absolute atomic E-state index is 11.7. The molecule has 4 nitrogen and oxygen atoms in total. The van der Waals surface area contributed by atoms with Gasteiger partial charge >= 0.3 is 5.97 Å². The van der Waals surface area contributed by atoms with Crippen molar-refractivity contribution in [2.45, 2.75) is 26.3 Å². The van der Waals surface area contributed by atoms with E-state index in [9.17, 15) is 4.79 Å². The molecule has 0 fully saturated rings. The summed E-state index contributed by atoms with van der Waals surface area (Å²) in [6.45, 7) is 3.04. The summed E-state index contributed by atoms with van der Waals surface area (Å²) in [5.41, 5.74) is 3.52. The Hall–Kier alpha value is -2.75. The number of nitrogens with zero attached hydrogens (tertiary/aromatic N) is 1. The van der Waals surface area contributed by atoms with E-state index in [1.54, 1.807) is 7.11 Å². The number of aromatic nitrogens is 1. The molecule has 0 bridgehead atoms. The number of carbonyl (C=O) groups excluding carboxylic acids is 1. The number of ether oxygens (including phenoxy) is 2. The molecule has 3 aromatic rings. The van der Waals surface area contributed by atoms with Gasteiger partial charge in [-0.2, -0.15) is 0 Å². The van der Waals surface area contributed by atoms with Gasteiger partial charge in [0.25, 0.3) is 0 Å². The minimum absolute atomic E-state index is 0.158. The number of aryl methyl sites for hydroxylation is 1. The first-order valence-electron chi connectivity index (χ1n) is 8.56. The Balaban J connectivity index is 1.93. The smallest absolute Gasteiger partial charge is 0.306 e. The van der Waals surface area contributed by atoms with Crippen molar-refractivity contribution in [3.63, 3.8) is 0 Å². The van der Waals surface area contributed by atoms with Gasteiger partial charge in [-0.3, -0.25) is 4.79 Å². The normalized spacial score (nSPS) is 10.8. The van der Waals surface area contributed by atoms with Gasteiger partial charge in [-0.15, -0.1) is 0 Å². The van der Waals surface area contributed by atoms with Gasteiger partial charge in [0.1, 0.15) is 5.75 Å². The monoisotopic (exact) mass is 337 g/mol. The van der Waals surface area contributed by atoms with Crippen molar-refractivity contribution in [3.05, 3.63) is 65.9 Å². The number of hydrogen-bond acceptors (Lipinski definition) is 3. The van der Waals surface area contributed by atoms with Crippen molar-refractivity contribution in [3.8, 4) is 5.75 Å². The number of hydrogen-bond donors (Lipinski definition) is 0. The van der Waals surface area contributed by atoms with Gasteiger partial charge < -0.3 is 14.0 Å². The van der Waals surface area contributed by atoms with E-state index in [-0.39, 0.29) is 5.97 Å². The first-order chi connectivity index (χ1) is 12.2. The lowest BCUT2D eigenvalue weighted by molar-refractivity contribution is -0.143. The lowest BCUT2D eigenvalue weighted by Crippen LogP contribution is -2.05. The fraction of sp³-hybridized carbons (Fsp3) is 0.286. The molecule has 0 aliphatic heterocycles. The van der Waals surface area contributed by atoms with Crippen LogP contribution in [0.2, 0.25) is 0 Å². The molecule has 4 heteroatoms. The van der Waals surface area contributed by atoms with Crippen molar-refractivity contribution in [1.29, 1.82) is 0 Å². The molecule has 1 aromatic heterocycles. The van der Waals surface area contributed by atoms with Crippen molar-refractivity contribution >= 4 is 16.9 Å². The minimum atomic E-state index is -0.158. The minimum Gasteiger partial charge on any atom is -0.497 e. The van der Waals surface area contributed by atoms with E-state index < -0.39 is 0 Å². The zero-order valence-electron chi connectivity index (χ0n) is 14.7. The molecule has 0 spiro atoms. The second-order valence-electron chi connectivity index (χ2n) is 5.96. The van der Waals surface area contributed by atoms with Crippen LogP contribution in [0.5, 0.6) is 5.75 Å². The highest BCUT2D eigenvalue weighted by Gasteiger charge is 2.12. The third-order valence-corrected chi connectivity index (χ3v) is 4.27. The molecule has 0 unspecified atom stereocenters. The molecule has 0 aliphatic carbocycles. The van der Waals surface area contributed by atoms with Crippen LogP contribution in [0.3, 0.4) is 0 Å². The standard InChI is InChI=1S/C21H23NO3/c1-3-25-21(23)12-9-17-15-22(14-16-7-5-4-6-8-16)20-11-10-18(24-2)13-19(17)20/h4-8,10-11,13,15H,3,9,12,14H2,1-2H3. The predicted octanol–water partition coefficient (Wildman–Crippen LogP) is 4.19. The highest BCUT2D eigenvalue weighted by molar-refractivity contribution is 5.86. The Kier molecular flexibility index (Phi) is 5.39. The lowest BCUT2D eigenvalue weighted by atomic mass is 10.1. The summed E-state index contributed by atoms with van der Waals surface area (Å²) in [6.07, 6.45) is 3.18. The first kappa shape index (κ1) is 17.1. The summed E-state index contributed by atoms with van der Waals surface area (Å²) >= 11 is 0. The van der Waals surface area contributed by atoms with Crippen LogP contribution in [0.4, 0.5) is 0 Å². The largest absolute Gasteiger partial charge is 0.497 e. The number of methoxy groups -OCH3 is 1. The van der Waals surface area contributed by atoms with Gasteiger partial charge in [0.2, 0.25) is 0 Å². The molecule has 0 N–H and O–H groups in total. The van der Waals surface area contributed by atoms with Crippen molar-refractivity contribution in [2.24, 2.45) is 0 Å². The van der Waals surface area contributed by atoms with E-state index in [1.165, 1.54) is 5.56 Å². The molecule has 0 saturated carbocycles. The van der Waals surface area contributed by atoms with Crippen LogP contribution in [-0.2, 0) is 22.5 Å². The number of esters is 1. The van der Waals surface area contributed by atoms with E-state index in [0.717, 1.165) is 28.8 Å². The Morgan fingerprint density at radius 2 is 1.92 bits per heavy atom. The summed E-state index contributed by atoms with van der Waals surface area (Å²) in [6, 6.07) is 16.4. The Morgan fingerprint density at radius 1 is 1.12 bits per heavy atom. The summed E-state index contributed by atoms with van der Waals surface area (Å²) in [7, 11) is 1.67. The molecule has 3 rings (SSSR count). The molecule has 0 saturated heterocycles. The number of fused-ring (bicyclic) bond motifs is 1. The summed E-state index contributed by atoms with van der Waals surface area (Å²) in [4.78, 5) is 11.7. The Morgan fingerprint density at radius 3 is 2.64 bits per heavy atom. The third kappa shape index (κ3) is 4.02. The zero-order chi connectivity index (χ0) is 17.6. The second kappa shape index (κ2) is 7.88. The van der Waals surface area contributed by atoms with E-state index in [4.69, 9.17) is 9.47 Å². The van der Waals surface area contributed by atoms with E-state index in [1.807, 2.05) is 37.3 Å². The number of carbonyl (C=O) groups is 1. The number of benzene rings is 2. The molecule has 25 heavy (non-hydrogen) atoms. The fourth-order valence-corrected chi connectivity index (χ4v) is 3.06. The van der Waals surface area contributed by atoms with Gasteiger partial charge in [0.05, 0.1) is 13.7 Å². The topological polar surface area (TPSA) is 40.5 Å². The van der Waals surface area contributed by atoms with E-state index in [2.05, 4.69) is 29.0 Å². The SMILES string of the molecule is CCOC(=O)CCc1cn(Cc2ccccc2)c2ccc(OC)cc12. The fourth-order valence-electron chi connectivity index (χ4n) is 3.06. The lowest BCUT2D eigenvalue weighted by Gasteiger charge is -2.06. The van der Waals surface area contributed by atoms with Crippen LogP contribution in [0.25, 0.3) is 10.9 Å². The van der Waals surface area contributed by atoms with E-state index >= 15 is 0 Å². The highest BCUT2D eigenvalue weighted by Crippen LogP contribution is 2.27. The molecule has 2 aromatic carbocycles. The Bertz CT molecular complexity index is 852. The van der Waals surface area contributed by atoms with Crippen LogP contribution in [-0.4, -0.2) is 24.3 Å². The third-order valence-electron chi connectivity index (χ3n) is 4.27. The van der Waals surface area contributed by atoms with Crippen LogP contribution in [0.1, 0.15) is 24.5 Å².